The van der Waals surface area contributed by atoms with E-state index < -0.39 is 10.0 Å². The zero-order valence-corrected chi connectivity index (χ0v) is 13.1. The maximum atomic E-state index is 11.4. The van der Waals surface area contributed by atoms with E-state index in [-0.39, 0.29) is 0 Å². The molecule has 0 aromatic carbocycles. The van der Waals surface area contributed by atoms with E-state index in [1.54, 1.807) is 15.6 Å². The van der Waals surface area contributed by atoms with Gasteiger partial charge in [0.2, 0.25) is 10.0 Å². The zero-order valence-electron chi connectivity index (χ0n) is 11.4. The molecule has 0 saturated carbocycles. The van der Waals surface area contributed by atoms with Crippen LogP contribution in [0.3, 0.4) is 0 Å². The average Bonchev–Trinajstić information content (AvgIpc) is 2.84. The lowest BCUT2D eigenvalue weighted by Gasteiger charge is -2.30. The fourth-order valence-electron chi connectivity index (χ4n) is 2.23. The first-order valence-corrected chi connectivity index (χ1v) is 9.27. The Morgan fingerprint density at radius 2 is 2.16 bits per heavy atom. The fourth-order valence-corrected chi connectivity index (χ4v) is 3.92. The third-order valence-corrected chi connectivity index (χ3v) is 5.84. The number of nitrogens with zero attached hydrogens (tertiary/aromatic N) is 2. The molecule has 0 bridgehead atoms. The monoisotopic (exact) mass is 303 g/mol. The maximum absolute atomic E-state index is 11.4. The van der Waals surface area contributed by atoms with Gasteiger partial charge in [0, 0.05) is 36.8 Å². The molecule has 108 valence electrons. The molecule has 19 heavy (non-hydrogen) atoms. The molecule has 0 radical (unpaired) electrons. The third-order valence-electron chi connectivity index (χ3n) is 3.39. The van der Waals surface area contributed by atoms with E-state index in [2.05, 4.69) is 17.2 Å². The summed E-state index contributed by atoms with van der Waals surface area (Å²) < 4.78 is 24.4. The number of sulfonamides is 1. The molecule has 1 aliphatic heterocycles. The summed E-state index contributed by atoms with van der Waals surface area (Å²) in [4.78, 5) is 5.59. The molecule has 0 aliphatic carbocycles. The van der Waals surface area contributed by atoms with Gasteiger partial charge < -0.3 is 5.32 Å². The van der Waals surface area contributed by atoms with E-state index in [0.29, 0.717) is 19.1 Å². The van der Waals surface area contributed by atoms with E-state index in [9.17, 15) is 8.42 Å². The predicted molar refractivity (Wildman–Crippen MR) is 77.8 cm³/mol. The molecule has 1 N–H and O–H groups in total. The van der Waals surface area contributed by atoms with Gasteiger partial charge in [0.15, 0.2) is 0 Å². The molecule has 7 heteroatoms. The molecule has 2 rings (SSSR count). The van der Waals surface area contributed by atoms with Crippen LogP contribution in [-0.4, -0.2) is 43.1 Å². The van der Waals surface area contributed by atoms with Crippen LogP contribution in [0.1, 0.15) is 29.7 Å². The highest BCUT2D eigenvalue weighted by Gasteiger charge is 2.24. The quantitative estimate of drug-likeness (QED) is 0.888. The van der Waals surface area contributed by atoms with Gasteiger partial charge in [-0.25, -0.2) is 17.7 Å². The van der Waals surface area contributed by atoms with Gasteiger partial charge in [-0.05, 0) is 19.3 Å². The summed E-state index contributed by atoms with van der Waals surface area (Å²) >= 11 is 1.75. The summed E-state index contributed by atoms with van der Waals surface area (Å²) in [5.74, 6) is 0. The molecule has 0 unspecified atom stereocenters. The number of piperidine rings is 1. The standard InChI is InChI=1S/C12H21N3O2S2/c1-3-12-14-9-11(18-12)8-13-10-4-6-15(7-5-10)19(2,16)17/h9-10,13H,3-8H2,1-2H3. The topological polar surface area (TPSA) is 62.3 Å². The van der Waals surface area contributed by atoms with Crippen LogP contribution in [0.4, 0.5) is 0 Å². The molecular weight excluding hydrogens is 282 g/mol. The molecular formula is C12H21N3O2S2. The Bertz CT molecular complexity index is 505. The Kier molecular flexibility index (Phi) is 4.94. The van der Waals surface area contributed by atoms with Crippen molar-refractivity contribution in [3.8, 4) is 0 Å². The third kappa shape index (κ3) is 4.24. The van der Waals surface area contributed by atoms with Crippen LogP contribution in [0.2, 0.25) is 0 Å². The van der Waals surface area contributed by atoms with Gasteiger partial charge in [-0.15, -0.1) is 11.3 Å². The van der Waals surface area contributed by atoms with Crippen molar-refractivity contribution in [2.45, 2.75) is 38.8 Å². The van der Waals surface area contributed by atoms with Gasteiger partial charge in [-0.1, -0.05) is 6.92 Å². The summed E-state index contributed by atoms with van der Waals surface area (Å²) in [7, 11) is -3.02. The van der Waals surface area contributed by atoms with E-state index in [1.807, 2.05) is 6.20 Å². The number of hydrogen-bond donors (Lipinski definition) is 1. The highest BCUT2D eigenvalue weighted by Crippen LogP contribution is 2.16. The summed E-state index contributed by atoms with van der Waals surface area (Å²) in [6.07, 6.45) is 5.96. The lowest BCUT2D eigenvalue weighted by molar-refractivity contribution is 0.290. The minimum absolute atomic E-state index is 0.408. The summed E-state index contributed by atoms with van der Waals surface area (Å²) in [5, 5.41) is 4.67. The molecule has 1 aromatic rings. The van der Waals surface area contributed by atoms with Crippen molar-refractivity contribution in [3.05, 3.63) is 16.1 Å². The molecule has 0 spiro atoms. The summed E-state index contributed by atoms with van der Waals surface area (Å²) in [6.45, 7) is 4.19. The maximum Gasteiger partial charge on any atom is 0.211 e. The number of aromatic nitrogens is 1. The number of aryl methyl sites for hydroxylation is 1. The normalized spacial score (nSPS) is 18.8. The molecule has 0 atom stereocenters. The Morgan fingerprint density at radius 1 is 1.47 bits per heavy atom. The predicted octanol–water partition coefficient (Wildman–Crippen LogP) is 1.22. The van der Waals surface area contributed by atoms with E-state index in [0.717, 1.165) is 25.8 Å². The van der Waals surface area contributed by atoms with E-state index in [4.69, 9.17) is 0 Å². The molecule has 5 nitrogen and oxygen atoms in total. The minimum atomic E-state index is -3.02. The lowest BCUT2D eigenvalue weighted by atomic mass is 10.1. The molecule has 2 heterocycles. The molecule has 1 fully saturated rings. The van der Waals surface area contributed by atoms with Crippen molar-refractivity contribution < 1.29 is 8.42 Å². The highest BCUT2D eigenvalue weighted by molar-refractivity contribution is 7.88. The fraction of sp³-hybridized carbons (Fsp3) is 0.750. The molecule has 1 aliphatic rings. The van der Waals surface area contributed by atoms with Gasteiger partial charge in [0.1, 0.15) is 0 Å². The Morgan fingerprint density at radius 3 is 2.68 bits per heavy atom. The van der Waals surface area contributed by atoms with Crippen LogP contribution in [-0.2, 0) is 23.0 Å². The first-order valence-electron chi connectivity index (χ1n) is 6.61. The average molecular weight is 303 g/mol. The number of hydrogen-bond acceptors (Lipinski definition) is 5. The van der Waals surface area contributed by atoms with Gasteiger partial charge in [-0.3, -0.25) is 0 Å². The highest BCUT2D eigenvalue weighted by atomic mass is 32.2. The van der Waals surface area contributed by atoms with Crippen molar-refractivity contribution in [2.24, 2.45) is 0 Å². The largest absolute Gasteiger partial charge is 0.309 e. The lowest BCUT2D eigenvalue weighted by Crippen LogP contribution is -2.44. The van der Waals surface area contributed by atoms with Gasteiger partial charge in [-0.2, -0.15) is 0 Å². The van der Waals surface area contributed by atoms with Crippen LogP contribution in [0, 0.1) is 0 Å². The van der Waals surface area contributed by atoms with Crippen molar-refractivity contribution in [3.63, 3.8) is 0 Å². The molecule has 1 saturated heterocycles. The second-order valence-electron chi connectivity index (χ2n) is 4.89. The Labute approximate surface area is 119 Å². The molecule has 0 amide bonds. The smallest absolute Gasteiger partial charge is 0.211 e. The Balaban J connectivity index is 1.77. The van der Waals surface area contributed by atoms with Crippen molar-refractivity contribution in [2.75, 3.05) is 19.3 Å². The summed E-state index contributed by atoms with van der Waals surface area (Å²) in [5.41, 5.74) is 0. The first kappa shape index (κ1) is 14.9. The summed E-state index contributed by atoms with van der Waals surface area (Å²) in [6, 6.07) is 0.408. The van der Waals surface area contributed by atoms with Crippen molar-refractivity contribution >= 4 is 21.4 Å². The first-order chi connectivity index (χ1) is 8.99. The van der Waals surface area contributed by atoms with Crippen molar-refractivity contribution in [1.82, 2.24) is 14.6 Å². The van der Waals surface area contributed by atoms with Crippen LogP contribution >= 0.6 is 11.3 Å². The minimum Gasteiger partial charge on any atom is -0.309 e. The van der Waals surface area contributed by atoms with E-state index >= 15 is 0 Å². The van der Waals surface area contributed by atoms with Crippen LogP contribution < -0.4 is 5.32 Å². The van der Waals surface area contributed by atoms with Gasteiger partial charge in [0.05, 0.1) is 11.3 Å². The van der Waals surface area contributed by atoms with Gasteiger partial charge in [0.25, 0.3) is 0 Å². The van der Waals surface area contributed by atoms with E-state index in [1.165, 1.54) is 16.1 Å². The van der Waals surface area contributed by atoms with Crippen LogP contribution in [0.5, 0.6) is 0 Å². The number of rotatable bonds is 5. The van der Waals surface area contributed by atoms with Crippen molar-refractivity contribution in [1.29, 1.82) is 0 Å². The molecule has 1 aromatic heterocycles. The van der Waals surface area contributed by atoms with Crippen LogP contribution in [0.15, 0.2) is 6.20 Å². The second kappa shape index (κ2) is 6.30. The zero-order chi connectivity index (χ0) is 13.9. The number of nitrogens with one attached hydrogen (secondary N) is 1. The second-order valence-corrected chi connectivity index (χ2v) is 8.07. The van der Waals surface area contributed by atoms with Gasteiger partial charge >= 0.3 is 0 Å². The Hall–Kier alpha value is -0.500. The SMILES string of the molecule is CCc1ncc(CNC2CCN(S(C)(=O)=O)CC2)s1. The number of thiazole rings is 1. The van der Waals surface area contributed by atoms with Crippen LogP contribution in [0.25, 0.3) is 0 Å².